The van der Waals surface area contributed by atoms with Crippen molar-refractivity contribution in [1.29, 1.82) is 0 Å². The van der Waals surface area contributed by atoms with Crippen molar-refractivity contribution in [2.75, 3.05) is 13.1 Å². The van der Waals surface area contributed by atoms with Crippen molar-refractivity contribution in [2.24, 2.45) is 4.99 Å². The summed E-state index contributed by atoms with van der Waals surface area (Å²) in [4.78, 5) is 12.6. The fourth-order valence-electron chi connectivity index (χ4n) is 3.46. The number of aromatic amines is 1. The fourth-order valence-corrected chi connectivity index (χ4v) is 3.46. The number of nitrogens with one attached hydrogen (secondary N) is 3. The van der Waals surface area contributed by atoms with E-state index in [1.54, 1.807) is 0 Å². The van der Waals surface area contributed by atoms with Gasteiger partial charge in [-0.25, -0.2) is 4.99 Å². The number of fused-ring (bicyclic) bond motifs is 2. The number of benzene rings is 2. The van der Waals surface area contributed by atoms with E-state index in [0.717, 1.165) is 36.6 Å². The van der Waals surface area contributed by atoms with Crippen LogP contribution in [0.5, 0.6) is 0 Å². The molecule has 3 N–H and O–H groups in total. The highest BCUT2D eigenvalue weighted by molar-refractivity contribution is 14.0. The van der Waals surface area contributed by atoms with Crippen LogP contribution in [0.2, 0.25) is 0 Å². The second-order valence-corrected chi connectivity index (χ2v) is 6.71. The first kappa shape index (κ1) is 21.1. The molecule has 0 aliphatic rings. The number of aliphatic imine (C=N–C) groups is 1. The Morgan fingerprint density at radius 3 is 2.66 bits per heavy atom. The van der Waals surface area contributed by atoms with Gasteiger partial charge in [-0.2, -0.15) is 0 Å². The molecule has 0 spiro atoms. The molecular weight excluding hydrogens is 473 g/mol. The number of halogens is 1. The molecule has 0 fully saturated rings. The first-order valence-corrected chi connectivity index (χ1v) is 9.75. The second kappa shape index (κ2) is 10.2. The smallest absolute Gasteiger partial charge is 0.191 e. The number of aromatic nitrogens is 2. The molecule has 6 heteroatoms. The van der Waals surface area contributed by atoms with Gasteiger partial charge in [0.05, 0.1) is 12.2 Å². The van der Waals surface area contributed by atoms with E-state index in [4.69, 9.17) is 4.99 Å². The van der Waals surface area contributed by atoms with E-state index in [0.29, 0.717) is 6.54 Å². The van der Waals surface area contributed by atoms with E-state index in [1.165, 1.54) is 21.9 Å². The van der Waals surface area contributed by atoms with Crippen molar-refractivity contribution >= 4 is 51.6 Å². The van der Waals surface area contributed by atoms with Gasteiger partial charge in [0.25, 0.3) is 0 Å². The Labute approximate surface area is 188 Å². The van der Waals surface area contributed by atoms with E-state index in [9.17, 15) is 0 Å². The minimum Gasteiger partial charge on any atom is -0.361 e. The monoisotopic (exact) mass is 499 g/mol. The highest BCUT2D eigenvalue weighted by Crippen LogP contribution is 2.18. The average molecular weight is 499 g/mol. The van der Waals surface area contributed by atoms with Crippen LogP contribution < -0.4 is 10.6 Å². The molecule has 0 aliphatic heterocycles. The Bertz CT molecular complexity index is 1100. The van der Waals surface area contributed by atoms with Crippen molar-refractivity contribution in [3.8, 4) is 0 Å². The Morgan fingerprint density at radius 2 is 1.79 bits per heavy atom. The van der Waals surface area contributed by atoms with Gasteiger partial charge in [0.1, 0.15) is 0 Å². The Hall–Kier alpha value is -2.61. The summed E-state index contributed by atoms with van der Waals surface area (Å²) in [6.45, 7) is 4.26. The van der Waals surface area contributed by atoms with Gasteiger partial charge in [-0.15, -0.1) is 24.0 Å². The summed E-state index contributed by atoms with van der Waals surface area (Å²) in [6, 6.07) is 18.7. The maximum absolute atomic E-state index is 4.74. The lowest BCUT2D eigenvalue weighted by molar-refractivity contribution is 0.799. The Kier molecular flexibility index (Phi) is 7.46. The molecule has 0 unspecified atom stereocenters. The molecule has 4 rings (SSSR count). The first-order chi connectivity index (χ1) is 13.8. The van der Waals surface area contributed by atoms with Crippen LogP contribution in [-0.2, 0) is 13.0 Å². The van der Waals surface area contributed by atoms with Gasteiger partial charge in [-0.3, -0.25) is 4.98 Å². The number of hydrogen-bond acceptors (Lipinski definition) is 2. The van der Waals surface area contributed by atoms with Crippen molar-refractivity contribution < 1.29 is 0 Å². The number of para-hydroxylation sites is 1. The standard InChI is InChI=1S/C23H25N5.HI/c1-2-24-23(26-14-12-18-15-27-21-10-6-5-9-20(18)21)28-16-22-19-8-4-3-7-17(19)11-13-25-22;/h3-11,13,15,27H,2,12,14,16H2,1H3,(H2,24,26,28);1H. The SMILES string of the molecule is CCNC(=NCc1nccc2ccccc12)NCCc1c[nH]c2ccccc12.I. The van der Waals surface area contributed by atoms with Crippen molar-refractivity contribution in [3.63, 3.8) is 0 Å². The third-order valence-corrected chi connectivity index (χ3v) is 4.85. The largest absolute Gasteiger partial charge is 0.361 e. The summed E-state index contributed by atoms with van der Waals surface area (Å²) in [5.41, 5.74) is 3.49. The topological polar surface area (TPSA) is 65.1 Å². The van der Waals surface area contributed by atoms with Gasteiger partial charge < -0.3 is 15.6 Å². The van der Waals surface area contributed by atoms with Crippen molar-refractivity contribution in [1.82, 2.24) is 20.6 Å². The molecule has 150 valence electrons. The molecule has 2 aromatic heterocycles. The summed E-state index contributed by atoms with van der Waals surface area (Å²) in [5, 5.41) is 10.4. The summed E-state index contributed by atoms with van der Waals surface area (Å²) >= 11 is 0. The lowest BCUT2D eigenvalue weighted by atomic mass is 10.1. The molecule has 0 saturated carbocycles. The molecule has 0 bridgehead atoms. The van der Waals surface area contributed by atoms with Gasteiger partial charge in [0.2, 0.25) is 0 Å². The van der Waals surface area contributed by atoms with Crippen molar-refractivity contribution in [3.05, 3.63) is 78.2 Å². The lowest BCUT2D eigenvalue weighted by Crippen LogP contribution is -2.38. The van der Waals surface area contributed by atoms with Gasteiger partial charge in [0.15, 0.2) is 5.96 Å². The van der Waals surface area contributed by atoms with E-state index in [-0.39, 0.29) is 24.0 Å². The van der Waals surface area contributed by atoms with Crippen LogP contribution in [0, 0.1) is 0 Å². The average Bonchev–Trinajstić information content (AvgIpc) is 3.15. The number of pyridine rings is 1. The van der Waals surface area contributed by atoms with Crippen LogP contribution in [0.3, 0.4) is 0 Å². The number of H-pyrrole nitrogens is 1. The molecule has 2 aromatic carbocycles. The first-order valence-electron chi connectivity index (χ1n) is 9.75. The van der Waals surface area contributed by atoms with E-state index in [2.05, 4.69) is 70.1 Å². The van der Waals surface area contributed by atoms with E-state index >= 15 is 0 Å². The fraction of sp³-hybridized carbons (Fsp3) is 0.217. The zero-order valence-corrected chi connectivity index (χ0v) is 18.8. The second-order valence-electron chi connectivity index (χ2n) is 6.71. The minimum atomic E-state index is 0. The molecule has 5 nitrogen and oxygen atoms in total. The van der Waals surface area contributed by atoms with Crippen LogP contribution in [0.25, 0.3) is 21.7 Å². The molecule has 2 heterocycles. The Balaban J connectivity index is 0.00000240. The maximum Gasteiger partial charge on any atom is 0.191 e. The molecule has 29 heavy (non-hydrogen) atoms. The Morgan fingerprint density at radius 1 is 1.00 bits per heavy atom. The minimum absolute atomic E-state index is 0. The highest BCUT2D eigenvalue weighted by Gasteiger charge is 2.05. The molecular formula is C23H26IN5. The number of rotatable bonds is 6. The lowest BCUT2D eigenvalue weighted by Gasteiger charge is -2.11. The van der Waals surface area contributed by atoms with Crippen LogP contribution >= 0.6 is 24.0 Å². The summed E-state index contributed by atoms with van der Waals surface area (Å²) in [7, 11) is 0. The summed E-state index contributed by atoms with van der Waals surface area (Å²) < 4.78 is 0. The van der Waals surface area contributed by atoms with Crippen LogP contribution in [-0.4, -0.2) is 29.0 Å². The van der Waals surface area contributed by atoms with Crippen LogP contribution in [0.1, 0.15) is 18.2 Å². The van der Waals surface area contributed by atoms with Crippen LogP contribution in [0.4, 0.5) is 0 Å². The third-order valence-electron chi connectivity index (χ3n) is 4.85. The molecule has 0 amide bonds. The van der Waals surface area contributed by atoms with Gasteiger partial charge >= 0.3 is 0 Å². The highest BCUT2D eigenvalue weighted by atomic mass is 127. The molecule has 0 radical (unpaired) electrons. The maximum atomic E-state index is 4.74. The zero-order chi connectivity index (χ0) is 19.2. The summed E-state index contributed by atoms with van der Waals surface area (Å²) in [5.74, 6) is 0.817. The van der Waals surface area contributed by atoms with Gasteiger partial charge in [-0.05, 0) is 36.4 Å². The number of nitrogens with zero attached hydrogens (tertiary/aromatic N) is 2. The predicted octanol–water partition coefficient (Wildman–Crippen LogP) is 4.63. The molecule has 0 saturated heterocycles. The number of guanidine groups is 1. The van der Waals surface area contributed by atoms with E-state index in [1.807, 2.05) is 24.4 Å². The number of hydrogen-bond donors (Lipinski definition) is 3. The predicted molar refractivity (Wildman–Crippen MR) is 132 cm³/mol. The van der Waals surface area contributed by atoms with Crippen LogP contribution in [0.15, 0.2) is 72.0 Å². The van der Waals surface area contributed by atoms with Gasteiger partial charge in [-0.1, -0.05) is 42.5 Å². The van der Waals surface area contributed by atoms with Crippen molar-refractivity contribution in [2.45, 2.75) is 19.9 Å². The molecule has 0 atom stereocenters. The third kappa shape index (κ3) is 5.06. The summed E-state index contributed by atoms with van der Waals surface area (Å²) in [6.07, 6.45) is 4.88. The zero-order valence-electron chi connectivity index (χ0n) is 16.5. The molecule has 0 aliphatic carbocycles. The van der Waals surface area contributed by atoms with Gasteiger partial charge in [0, 0.05) is 41.8 Å². The normalized spacial score (nSPS) is 11.4. The molecule has 4 aromatic rings. The quantitative estimate of drug-likeness (QED) is 0.206. The van der Waals surface area contributed by atoms with E-state index < -0.39 is 0 Å².